The Morgan fingerprint density at radius 1 is 1.09 bits per heavy atom. The van der Waals surface area contributed by atoms with E-state index in [-0.39, 0.29) is 17.7 Å². The molecule has 236 valence electrons. The van der Waals surface area contributed by atoms with E-state index in [9.17, 15) is 22.8 Å². The van der Waals surface area contributed by atoms with Crippen molar-refractivity contribution in [3.63, 3.8) is 0 Å². The summed E-state index contributed by atoms with van der Waals surface area (Å²) >= 11 is 1.40. The highest BCUT2D eigenvalue weighted by atomic mass is 32.2. The molecule has 2 N–H and O–H groups in total. The van der Waals surface area contributed by atoms with Gasteiger partial charge in [0, 0.05) is 12.1 Å². The van der Waals surface area contributed by atoms with Crippen LogP contribution in [0.5, 0.6) is 5.75 Å². The zero-order chi connectivity index (χ0) is 32.0. The molecular formula is C32H33F3N6O3S. The van der Waals surface area contributed by atoms with Gasteiger partial charge in [-0.25, -0.2) is 14.5 Å². The second-order valence-electron chi connectivity index (χ2n) is 10.6. The number of benzene rings is 3. The van der Waals surface area contributed by atoms with Gasteiger partial charge >= 0.3 is 12.4 Å². The highest BCUT2D eigenvalue weighted by Gasteiger charge is 2.35. The number of carbonyl (C=O) groups excluding carboxylic acids is 2. The van der Waals surface area contributed by atoms with Crippen LogP contribution in [0.1, 0.15) is 36.5 Å². The number of amides is 3. The minimum Gasteiger partial charge on any atom is -0.406 e. The zero-order valence-electron chi connectivity index (χ0n) is 24.8. The molecule has 0 aliphatic carbocycles. The van der Waals surface area contributed by atoms with Crippen LogP contribution in [-0.4, -0.2) is 50.9 Å². The van der Waals surface area contributed by atoms with E-state index in [1.807, 2.05) is 43.3 Å². The van der Waals surface area contributed by atoms with Crippen molar-refractivity contribution in [1.82, 2.24) is 25.4 Å². The highest BCUT2D eigenvalue weighted by Crippen LogP contribution is 2.33. The average molecular weight is 639 g/mol. The summed E-state index contributed by atoms with van der Waals surface area (Å²) < 4.78 is 42.7. The summed E-state index contributed by atoms with van der Waals surface area (Å²) in [4.78, 5) is 31.6. The van der Waals surface area contributed by atoms with E-state index in [2.05, 4.69) is 38.4 Å². The largest absolute Gasteiger partial charge is 0.573 e. The van der Waals surface area contributed by atoms with Crippen LogP contribution in [0.25, 0.3) is 17.1 Å². The van der Waals surface area contributed by atoms with Crippen molar-refractivity contribution in [2.75, 3.05) is 17.2 Å². The number of carbonyl (C=O) groups is 2. The Morgan fingerprint density at radius 3 is 2.64 bits per heavy atom. The maximum Gasteiger partial charge on any atom is 0.573 e. The minimum absolute atomic E-state index is 0.0269. The molecule has 0 bridgehead atoms. The lowest BCUT2D eigenvalue weighted by Gasteiger charge is -2.27. The fourth-order valence-corrected chi connectivity index (χ4v) is 6.02. The number of urea groups is 1. The molecule has 1 unspecified atom stereocenters. The zero-order valence-corrected chi connectivity index (χ0v) is 25.6. The molecule has 9 nitrogen and oxygen atoms in total. The molecule has 0 spiro atoms. The lowest BCUT2D eigenvalue weighted by atomic mass is 10.0. The number of alkyl halides is 3. The monoisotopic (exact) mass is 638 g/mol. The van der Waals surface area contributed by atoms with Crippen molar-refractivity contribution in [2.24, 2.45) is 0 Å². The third-order valence-corrected chi connectivity index (χ3v) is 8.14. The Morgan fingerprint density at radius 2 is 1.89 bits per heavy atom. The molecule has 1 aromatic heterocycles. The SMILES string of the molecule is CCCc1ccc(C)cc1N1C(=O)CSC1NC(=O)NCCCc1cccc(-c2ncn(-c3ccc(OC(F)(F)F)cc3)n2)c1. The first-order chi connectivity index (χ1) is 21.6. The van der Waals surface area contributed by atoms with E-state index in [4.69, 9.17) is 0 Å². The molecule has 0 saturated carbocycles. The number of nitrogens with one attached hydrogen (secondary N) is 2. The summed E-state index contributed by atoms with van der Waals surface area (Å²) in [5, 5.41) is 10.3. The van der Waals surface area contributed by atoms with Gasteiger partial charge in [0.25, 0.3) is 0 Å². The van der Waals surface area contributed by atoms with Gasteiger partial charge in [-0.05, 0) is 79.3 Å². The summed E-state index contributed by atoms with van der Waals surface area (Å²) in [5.41, 5.74) is 4.87. The van der Waals surface area contributed by atoms with E-state index < -0.39 is 11.9 Å². The van der Waals surface area contributed by atoms with Crippen LogP contribution in [0.15, 0.2) is 73.1 Å². The molecule has 1 aliphatic heterocycles. The summed E-state index contributed by atoms with van der Waals surface area (Å²) in [6.45, 7) is 4.53. The van der Waals surface area contributed by atoms with Gasteiger partial charge in [-0.3, -0.25) is 9.69 Å². The number of hydrogen-bond donors (Lipinski definition) is 2. The van der Waals surface area contributed by atoms with Crippen molar-refractivity contribution in [1.29, 1.82) is 0 Å². The topological polar surface area (TPSA) is 101 Å². The van der Waals surface area contributed by atoms with Crippen molar-refractivity contribution in [3.8, 4) is 22.8 Å². The fourth-order valence-electron chi connectivity index (χ4n) is 5.01. The van der Waals surface area contributed by atoms with Gasteiger partial charge in [-0.1, -0.05) is 43.7 Å². The predicted octanol–water partition coefficient (Wildman–Crippen LogP) is 6.39. The van der Waals surface area contributed by atoms with E-state index in [0.29, 0.717) is 36.7 Å². The fraction of sp³-hybridized carbons (Fsp3) is 0.312. The number of ether oxygens (including phenoxy) is 1. The Labute approximate surface area is 263 Å². The van der Waals surface area contributed by atoms with Gasteiger partial charge in [-0.15, -0.1) is 30.0 Å². The van der Waals surface area contributed by atoms with E-state index in [0.717, 1.165) is 40.8 Å². The Hall–Kier alpha value is -4.52. The van der Waals surface area contributed by atoms with E-state index in [1.54, 1.807) is 4.90 Å². The number of aryl methyl sites for hydroxylation is 3. The number of hydrogen-bond acceptors (Lipinski definition) is 6. The molecule has 1 saturated heterocycles. The molecule has 2 heterocycles. The minimum atomic E-state index is -4.76. The first-order valence-electron chi connectivity index (χ1n) is 14.5. The molecule has 3 amide bonds. The summed E-state index contributed by atoms with van der Waals surface area (Å²) in [7, 11) is 0. The standard InChI is InChI=1S/C32H33F3N6O3S/c1-3-6-23-11-10-21(2)17-27(23)41-28(42)19-45-31(41)38-30(43)36-16-5-8-22-7-4-9-24(18-22)29-37-20-40(39-29)25-12-14-26(15-13-25)44-32(33,34)35/h4,7,9-15,17-18,20,31H,3,5-6,8,16,19H2,1-2H3,(H2,36,38,43). The summed E-state index contributed by atoms with van der Waals surface area (Å²) in [6.07, 6.45) is -0.0840. The van der Waals surface area contributed by atoms with Crippen molar-refractivity contribution in [2.45, 2.75) is 51.4 Å². The molecule has 3 aromatic carbocycles. The Balaban J connectivity index is 1.13. The summed E-state index contributed by atoms with van der Waals surface area (Å²) in [6, 6.07) is 18.8. The van der Waals surface area contributed by atoms with Crippen LogP contribution >= 0.6 is 11.8 Å². The van der Waals surface area contributed by atoms with Gasteiger partial charge in [0.05, 0.1) is 17.1 Å². The maximum atomic E-state index is 12.8. The lowest BCUT2D eigenvalue weighted by Crippen LogP contribution is -2.49. The summed E-state index contributed by atoms with van der Waals surface area (Å²) in [5.74, 6) is 0.427. The van der Waals surface area contributed by atoms with Gasteiger partial charge in [0.1, 0.15) is 12.1 Å². The van der Waals surface area contributed by atoms with Crippen molar-refractivity contribution in [3.05, 3.63) is 89.7 Å². The van der Waals surface area contributed by atoms with Crippen LogP contribution in [0, 0.1) is 6.92 Å². The van der Waals surface area contributed by atoms with Crippen molar-refractivity contribution < 1.29 is 27.5 Å². The van der Waals surface area contributed by atoms with Gasteiger partial charge in [-0.2, -0.15) is 0 Å². The van der Waals surface area contributed by atoms with Crippen LogP contribution in [0.2, 0.25) is 0 Å². The highest BCUT2D eigenvalue weighted by molar-refractivity contribution is 8.01. The van der Waals surface area contributed by atoms with Gasteiger partial charge in [0.2, 0.25) is 5.91 Å². The van der Waals surface area contributed by atoms with Gasteiger partial charge < -0.3 is 15.4 Å². The normalized spacial score (nSPS) is 14.9. The van der Waals surface area contributed by atoms with Crippen LogP contribution < -0.4 is 20.3 Å². The van der Waals surface area contributed by atoms with Crippen LogP contribution in [0.3, 0.4) is 0 Å². The lowest BCUT2D eigenvalue weighted by molar-refractivity contribution is -0.274. The predicted molar refractivity (Wildman–Crippen MR) is 167 cm³/mol. The second kappa shape index (κ2) is 14.1. The molecule has 4 aromatic rings. The van der Waals surface area contributed by atoms with E-state index >= 15 is 0 Å². The smallest absolute Gasteiger partial charge is 0.406 e. The third kappa shape index (κ3) is 8.35. The number of thioether (sulfide) groups is 1. The molecule has 1 atom stereocenters. The number of aromatic nitrogens is 3. The average Bonchev–Trinajstić information content (AvgIpc) is 3.63. The number of halogens is 3. The van der Waals surface area contributed by atoms with Crippen molar-refractivity contribution >= 4 is 29.4 Å². The first kappa shape index (κ1) is 31.9. The number of anilines is 1. The molecule has 0 radical (unpaired) electrons. The second-order valence-corrected chi connectivity index (χ2v) is 11.6. The quantitative estimate of drug-likeness (QED) is 0.185. The van der Waals surface area contributed by atoms with Gasteiger partial charge in [0.15, 0.2) is 11.3 Å². The van der Waals surface area contributed by atoms with Crippen LogP contribution in [-0.2, 0) is 17.6 Å². The molecule has 1 fully saturated rings. The molecule has 13 heteroatoms. The number of nitrogens with zero attached hydrogens (tertiary/aromatic N) is 4. The first-order valence-corrected chi connectivity index (χ1v) is 15.6. The third-order valence-electron chi connectivity index (χ3n) is 7.08. The Bertz CT molecular complexity index is 1640. The van der Waals surface area contributed by atoms with E-state index in [1.165, 1.54) is 47.0 Å². The molecule has 45 heavy (non-hydrogen) atoms. The molecular weight excluding hydrogens is 605 g/mol. The Kier molecular flexibility index (Phi) is 9.96. The molecule has 5 rings (SSSR count). The molecule has 1 aliphatic rings. The van der Waals surface area contributed by atoms with Crippen LogP contribution in [0.4, 0.5) is 23.7 Å². The number of rotatable bonds is 11. The maximum absolute atomic E-state index is 12.8.